The van der Waals surface area contributed by atoms with Gasteiger partial charge in [0.1, 0.15) is 17.9 Å². The summed E-state index contributed by atoms with van der Waals surface area (Å²) in [5.41, 5.74) is 0.928. The number of rotatable bonds is 8. The van der Waals surface area contributed by atoms with E-state index in [1.165, 1.54) is 4.52 Å². The lowest BCUT2D eigenvalue weighted by Crippen LogP contribution is -2.50. The molecule has 0 unspecified atom stereocenters. The molecule has 0 atom stereocenters. The third-order valence-electron chi connectivity index (χ3n) is 9.67. The van der Waals surface area contributed by atoms with E-state index in [0.29, 0.717) is 75.1 Å². The molecule has 4 aromatic rings. The van der Waals surface area contributed by atoms with Crippen LogP contribution in [0.25, 0.3) is 11.4 Å². The number of alkyl halides is 3. The van der Waals surface area contributed by atoms with Gasteiger partial charge in [-0.25, -0.2) is 4.68 Å². The highest BCUT2D eigenvalue weighted by Gasteiger charge is 2.32. The number of H-pyrrole nitrogens is 1. The predicted octanol–water partition coefficient (Wildman–Crippen LogP) is 3.31. The molecule has 18 heteroatoms. The second-order valence-electron chi connectivity index (χ2n) is 12.8. The van der Waals surface area contributed by atoms with Crippen LogP contribution in [0, 0.1) is 0 Å². The molecule has 0 radical (unpaired) electrons. The Kier molecular flexibility index (Phi) is 9.69. The van der Waals surface area contributed by atoms with Crippen LogP contribution in [0.15, 0.2) is 40.1 Å². The van der Waals surface area contributed by atoms with E-state index in [0.717, 1.165) is 49.7 Å². The van der Waals surface area contributed by atoms with Crippen LogP contribution in [-0.2, 0) is 28.7 Å². The third-order valence-corrected chi connectivity index (χ3v) is 9.98. The first-order valence-electron chi connectivity index (χ1n) is 17.0. The van der Waals surface area contributed by atoms with Crippen LogP contribution in [0.3, 0.4) is 0 Å². The first-order valence-corrected chi connectivity index (χ1v) is 17.4. The number of nitrogens with zero attached hydrogens (tertiary/aromatic N) is 7. The minimum atomic E-state index is -4.59. The lowest BCUT2D eigenvalue weighted by atomic mass is 10.1. The number of halogens is 4. The summed E-state index contributed by atoms with van der Waals surface area (Å²) < 4.78 is 49.6. The standard InChI is InChI=1S/C33H38ClF3N10O4/c1-2-25-28(44-13-11-43(12-14-44)26-18-39-46(30(26)49)22-5-9-38-10-6-22)31(50)47-32(41-29(42-47)20-7-15-51-16-8-20)45(25)19-27(48)40-24-4-3-21(17-23(24)34)33(35,36)37/h3-4,7,17-18,22,38-39H,2,5-6,8-16,19H2,1H3,(H,40,48). The first-order chi connectivity index (χ1) is 24.5. The molecule has 2 fully saturated rings. The van der Waals surface area contributed by atoms with E-state index in [1.807, 2.05) is 22.8 Å². The number of nitrogens with one attached hydrogen (secondary N) is 3. The smallest absolute Gasteiger partial charge is 0.377 e. The molecule has 7 rings (SSSR count). The van der Waals surface area contributed by atoms with Crippen molar-refractivity contribution in [1.29, 1.82) is 0 Å². The van der Waals surface area contributed by atoms with Gasteiger partial charge in [-0.2, -0.15) is 22.7 Å². The normalized spacial score (nSPS) is 17.6. The molecule has 3 aliphatic heterocycles. The number of amides is 1. The van der Waals surface area contributed by atoms with E-state index in [4.69, 9.17) is 21.3 Å². The molecule has 6 heterocycles. The van der Waals surface area contributed by atoms with Crippen molar-refractivity contribution in [2.45, 2.75) is 51.4 Å². The summed E-state index contributed by atoms with van der Waals surface area (Å²) in [4.78, 5) is 49.8. The van der Waals surface area contributed by atoms with Crippen LogP contribution in [0.2, 0.25) is 5.02 Å². The Balaban J connectivity index is 1.20. The predicted molar refractivity (Wildman–Crippen MR) is 186 cm³/mol. The molecule has 0 saturated carbocycles. The molecule has 51 heavy (non-hydrogen) atoms. The minimum Gasteiger partial charge on any atom is -0.377 e. The van der Waals surface area contributed by atoms with Crippen molar-refractivity contribution < 1.29 is 22.7 Å². The van der Waals surface area contributed by atoms with Crippen molar-refractivity contribution in [2.24, 2.45) is 0 Å². The lowest BCUT2D eigenvalue weighted by Gasteiger charge is -2.37. The second kappa shape index (κ2) is 14.2. The fourth-order valence-corrected chi connectivity index (χ4v) is 7.26. The molecule has 14 nitrogen and oxygen atoms in total. The fourth-order valence-electron chi connectivity index (χ4n) is 7.03. The number of carbonyl (C=O) groups is 1. The van der Waals surface area contributed by atoms with E-state index < -0.39 is 17.6 Å². The van der Waals surface area contributed by atoms with E-state index in [1.54, 1.807) is 15.4 Å². The van der Waals surface area contributed by atoms with Crippen LogP contribution in [0.1, 0.15) is 49.3 Å². The average Bonchev–Trinajstić information content (AvgIpc) is 3.75. The number of aromatic nitrogens is 6. The number of piperidine rings is 1. The molecular weight excluding hydrogens is 693 g/mol. The highest BCUT2D eigenvalue weighted by molar-refractivity contribution is 6.33. The van der Waals surface area contributed by atoms with Crippen molar-refractivity contribution in [2.75, 3.05) is 67.6 Å². The van der Waals surface area contributed by atoms with E-state index in [9.17, 15) is 27.6 Å². The molecule has 3 aromatic heterocycles. The summed E-state index contributed by atoms with van der Waals surface area (Å²) in [5.74, 6) is -0.0853. The van der Waals surface area contributed by atoms with E-state index >= 15 is 0 Å². The Hall–Kier alpha value is -4.61. The Morgan fingerprint density at radius 3 is 2.51 bits per heavy atom. The lowest BCUT2D eigenvalue weighted by molar-refractivity contribution is -0.137. The number of anilines is 3. The number of aromatic amines is 1. The summed E-state index contributed by atoms with van der Waals surface area (Å²) in [6.07, 6.45) is 1.65. The van der Waals surface area contributed by atoms with Gasteiger partial charge in [0.05, 0.1) is 41.2 Å². The largest absolute Gasteiger partial charge is 0.416 e. The van der Waals surface area contributed by atoms with Crippen LogP contribution in [-0.4, -0.2) is 87.3 Å². The number of hydrogen-bond acceptors (Lipinski definition) is 9. The van der Waals surface area contributed by atoms with E-state index in [-0.39, 0.29) is 40.2 Å². The maximum atomic E-state index is 14.2. The molecule has 0 aliphatic carbocycles. The zero-order chi connectivity index (χ0) is 35.9. The van der Waals surface area contributed by atoms with Crippen LogP contribution in [0.5, 0.6) is 0 Å². The molecule has 0 spiro atoms. The van der Waals surface area contributed by atoms with Crippen molar-refractivity contribution in [3.8, 4) is 0 Å². The quantitative estimate of drug-likeness (QED) is 0.249. The summed E-state index contributed by atoms with van der Waals surface area (Å²) in [7, 11) is 0. The Labute approximate surface area is 294 Å². The molecule has 2 saturated heterocycles. The minimum absolute atomic E-state index is 0.0135. The van der Waals surface area contributed by atoms with Crippen molar-refractivity contribution in [3.05, 3.63) is 73.3 Å². The maximum Gasteiger partial charge on any atom is 0.416 e. The van der Waals surface area contributed by atoms with Crippen molar-refractivity contribution in [3.63, 3.8) is 0 Å². The van der Waals surface area contributed by atoms with Crippen molar-refractivity contribution in [1.82, 2.24) is 34.3 Å². The Bertz CT molecular complexity index is 2090. The van der Waals surface area contributed by atoms with Crippen LogP contribution < -0.4 is 31.6 Å². The Morgan fingerprint density at radius 1 is 1.10 bits per heavy atom. The summed E-state index contributed by atoms with van der Waals surface area (Å²) in [6.45, 7) is 5.90. The second-order valence-corrected chi connectivity index (χ2v) is 13.2. The van der Waals surface area contributed by atoms with Crippen LogP contribution >= 0.6 is 11.6 Å². The number of fused-ring (bicyclic) bond motifs is 1. The molecule has 3 aliphatic rings. The zero-order valence-electron chi connectivity index (χ0n) is 27.9. The monoisotopic (exact) mass is 730 g/mol. The topological polar surface area (TPSA) is 147 Å². The average molecular weight is 731 g/mol. The maximum absolute atomic E-state index is 14.2. The number of carbonyl (C=O) groups excluding carboxylic acids is 1. The third kappa shape index (κ3) is 6.89. The van der Waals surface area contributed by atoms with Gasteiger partial charge in [0.25, 0.3) is 11.1 Å². The number of ether oxygens (including phenoxy) is 1. The van der Waals surface area contributed by atoms with Gasteiger partial charge < -0.3 is 34.8 Å². The molecule has 272 valence electrons. The van der Waals surface area contributed by atoms with Gasteiger partial charge in [0.15, 0.2) is 5.82 Å². The first kappa shape index (κ1) is 34.8. The SMILES string of the molecule is CCc1c(N2CCN(c3c[nH]n(C4CCNCC4)c3=O)CC2)c(=O)n2nc(C3=CCOCC3)nc2n1CC(=O)Nc1ccc(C(F)(F)F)cc1Cl. The molecular formula is C33H38ClF3N10O4. The number of benzene rings is 1. The molecule has 1 aromatic carbocycles. The zero-order valence-corrected chi connectivity index (χ0v) is 28.7. The highest BCUT2D eigenvalue weighted by Crippen LogP contribution is 2.34. The highest BCUT2D eigenvalue weighted by atomic mass is 35.5. The summed E-state index contributed by atoms with van der Waals surface area (Å²) in [5, 5.41) is 13.4. The number of piperazine rings is 1. The van der Waals surface area contributed by atoms with Gasteiger partial charge >= 0.3 is 6.18 Å². The summed E-state index contributed by atoms with van der Waals surface area (Å²) >= 11 is 6.14. The van der Waals surface area contributed by atoms with E-state index in [2.05, 4.69) is 20.8 Å². The van der Waals surface area contributed by atoms with Crippen molar-refractivity contribution >= 4 is 45.9 Å². The van der Waals surface area contributed by atoms with Gasteiger partial charge in [-0.15, -0.1) is 5.10 Å². The van der Waals surface area contributed by atoms with Gasteiger partial charge in [0, 0.05) is 32.4 Å². The molecule has 0 bridgehead atoms. The fraction of sp³-hybridized carbons (Fsp3) is 0.485. The molecule has 3 N–H and O–H groups in total. The summed E-state index contributed by atoms with van der Waals surface area (Å²) in [6, 6.07) is 2.82. The van der Waals surface area contributed by atoms with Gasteiger partial charge in [-0.1, -0.05) is 24.6 Å². The van der Waals surface area contributed by atoms with Gasteiger partial charge in [-0.05, 0) is 62.5 Å². The van der Waals surface area contributed by atoms with Crippen LogP contribution in [0.4, 0.5) is 30.2 Å². The molecule has 1 amide bonds. The van der Waals surface area contributed by atoms with Gasteiger partial charge in [-0.3, -0.25) is 14.4 Å². The van der Waals surface area contributed by atoms with Gasteiger partial charge in [0.2, 0.25) is 11.7 Å². The number of hydrogen-bond donors (Lipinski definition) is 3. The Morgan fingerprint density at radius 2 is 1.84 bits per heavy atom.